The molecule has 0 radical (unpaired) electrons. The van der Waals surface area contributed by atoms with E-state index < -0.39 is 5.97 Å². The van der Waals surface area contributed by atoms with Gasteiger partial charge in [0.25, 0.3) is 0 Å². The summed E-state index contributed by atoms with van der Waals surface area (Å²) in [4.78, 5) is 12.9. The second-order valence-electron chi connectivity index (χ2n) is 5.66. The normalized spacial score (nSPS) is 10.8. The van der Waals surface area contributed by atoms with Crippen LogP contribution in [0.2, 0.25) is 0 Å². The number of carboxylic acids is 1. The molecular weight excluding hydrogens is 252 g/mol. The summed E-state index contributed by atoms with van der Waals surface area (Å²) in [6.45, 7) is 9.48. The summed E-state index contributed by atoms with van der Waals surface area (Å²) in [5, 5.41) is 18.0. The summed E-state index contributed by atoms with van der Waals surface area (Å²) in [5.74, 6) is -0.400. The Bertz CT molecular complexity index is 507. The molecule has 0 saturated carbocycles. The lowest BCUT2D eigenvalue weighted by Gasteiger charge is -2.24. The van der Waals surface area contributed by atoms with Gasteiger partial charge >= 0.3 is 5.97 Å². The van der Waals surface area contributed by atoms with Crippen molar-refractivity contribution in [1.29, 1.82) is 5.26 Å². The molecule has 0 aromatic heterocycles. The molecule has 0 bridgehead atoms. The smallest absolute Gasteiger partial charge is 0.317 e. The molecule has 0 aliphatic carbocycles. The standard InChI is InChI=1S/C16H22N2O2/c1-11(2)8-18(10-16(19)20)9-15-12(3)5-14(7-17)6-13(15)4/h5-6,11H,8-10H2,1-4H3,(H,19,20). The number of nitriles is 1. The third kappa shape index (κ3) is 4.67. The molecule has 0 aliphatic heterocycles. The molecule has 4 nitrogen and oxygen atoms in total. The third-order valence-electron chi connectivity index (χ3n) is 3.19. The van der Waals surface area contributed by atoms with Crippen molar-refractivity contribution in [3.05, 3.63) is 34.4 Å². The number of hydrogen-bond donors (Lipinski definition) is 1. The second-order valence-corrected chi connectivity index (χ2v) is 5.66. The van der Waals surface area contributed by atoms with Gasteiger partial charge < -0.3 is 5.11 Å². The Morgan fingerprint density at radius 3 is 2.30 bits per heavy atom. The molecule has 0 unspecified atom stereocenters. The molecule has 0 heterocycles. The van der Waals surface area contributed by atoms with E-state index >= 15 is 0 Å². The van der Waals surface area contributed by atoms with Crippen LogP contribution in [0.3, 0.4) is 0 Å². The molecular formula is C16H22N2O2. The monoisotopic (exact) mass is 274 g/mol. The van der Waals surface area contributed by atoms with E-state index in [-0.39, 0.29) is 6.54 Å². The summed E-state index contributed by atoms with van der Waals surface area (Å²) in [7, 11) is 0. The maximum Gasteiger partial charge on any atom is 0.317 e. The quantitative estimate of drug-likeness (QED) is 0.866. The van der Waals surface area contributed by atoms with Gasteiger partial charge in [0.15, 0.2) is 0 Å². The van der Waals surface area contributed by atoms with Gasteiger partial charge in [0, 0.05) is 13.1 Å². The number of rotatable bonds is 6. The van der Waals surface area contributed by atoms with Gasteiger partial charge in [-0.1, -0.05) is 13.8 Å². The zero-order chi connectivity index (χ0) is 15.3. The number of carboxylic acid groups (broad SMARTS) is 1. The van der Waals surface area contributed by atoms with Crippen molar-refractivity contribution in [2.75, 3.05) is 13.1 Å². The van der Waals surface area contributed by atoms with Crippen LogP contribution >= 0.6 is 0 Å². The molecule has 0 saturated heterocycles. The lowest BCUT2D eigenvalue weighted by molar-refractivity contribution is -0.138. The summed E-state index contributed by atoms with van der Waals surface area (Å²) >= 11 is 0. The van der Waals surface area contributed by atoms with E-state index in [2.05, 4.69) is 19.9 Å². The van der Waals surface area contributed by atoms with E-state index in [1.165, 1.54) is 0 Å². The van der Waals surface area contributed by atoms with Gasteiger partial charge in [0.05, 0.1) is 18.2 Å². The Morgan fingerprint density at radius 2 is 1.90 bits per heavy atom. The van der Waals surface area contributed by atoms with Gasteiger partial charge in [-0.2, -0.15) is 5.26 Å². The Morgan fingerprint density at radius 1 is 1.35 bits per heavy atom. The second kappa shape index (κ2) is 7.06. The van der Waals surface area contributed by atoms with Gasteiger partial charge in [-0.3, -0.25) is 9.69 Å². The van der Waals surface area contributed by atoms with Crippen molar-refractivity contribution >= 4 is 5.97 Å². The first-order valence-corrected chi connectivity index (χ1v) is 6.77. The van der Waals surface area contributed by atoms with Crippen LogP contribution < -0.4 is 0 Å². The van der Waals surface area contributed by atoms with Crippen LogP contribution in [0.1, 0.15) is 36.1 Å². The van der Waals surface area contributed by atoms with Crippen molar-refractivity contribution in [3.8, 4) is 6.07 Å². The minimum atomic E-state index is -0.811. The van der Waals surface area contributed by atoms with Crippen molar-refractivity contribution in [3.63, 3.8) is 0 Å². The van der Waals surface area contributed by atoms with Crippen LogP contribution in [0.25, 0.3) is 0 Å². The molecule has 108 valence electrons. The zero-order valence-electron chi connectivity index (χ0n) is 12.6. The Labute approximate surface area is 120 Å². The molecule has 0 atom stereocenters. The van der Waals surface area contributed by atoms with Crippen molar-refractivity contribution in [2.24, 2.45) is 5.92 Å². The van der Waals surface area contributed by atoms with E-state index in [1.54, 1.807) is 0 Å². The average molecular weight is 274 g/mol. The number of aryl methyl sites for hydroxylation is 2. The summed E-state index contributed by atoms with van der Waals surface area (Å²) in [6.07, 6.45) is 0. The topological polar surface area (TPSA) is 64.3 Å². The van der Waals surface area contributed by atoms with Gasteiger partial charge in [-0.05, 0) is 48.6 Å². The maximum absolute atomic E-state index is 11.0. The lowest BCUT2D eigenvalue weighted by Crippen LogP contribution is -2.33. The predicted molar refractivity (Wildman–Crippen MR) is 78.4 cm³/mol. The molecule has 1 aromatic rings. The highest BCUT2D eigenvalue weighted by molar-refractivity contribution is 5.69. The summed E-state index contributed by atoms with van der Waals surface area (Å²) < 4.78 is 0. The van der Waals surface area contributed by atoms with E-state index in [1.807, 2.05) is 30.9 Å². The predicted octanol–water partition coefficient (Wildman–Crippen LogP) is 2.72. The Hall–Kier alpha value is -1.86. The van der Waals surface area contributed by atoms with Crippen molar-refractivity contribution in [1.82, 2.24) is 4.90 Å². The molecule has 20 heavy (non-hydrogen) atoms. The van der Waals surface area contributed by atoms with E-state index in [0.717, 1.165) is 23.2 Å². The Kier molecular flexibility index (Phi) is 5.72. The summed E-state index contributed by atoms with van der Waals surface area (Å²) in [6, 6.07) is 5.86. The van der Waals surface area contributed by atoms with E-state index in [9.17, 15) is 4.79 Å². The highest BCUT2D eigenvalue weighted by Crippen LogP contribution is 2.19. The molecule has 0 aliphatic rings. The number of hydrogen-bond acceptors (Lipinski definition) is 3. The first kappa shape index (κ1) is 16.2. The highest BCUT2D eigenvalue weighted by atomic mass is 16.4. The van der Waals surface area contributed by atoms with Crippen LogP contribution in [0.4, 0.5) is 0 Å². The largest absolute Gasteiger partial charge is 0.480 e. The number of aliphatic carboxylic acids is 1. The zero-order valence-corrected chi connectivity index (χ0v) is 12.6. The average Bonchev–Trinajstić information content (AvgIpc) is 2.31. The lowest BCUT2D eigenvalue weighted by atomic mass is 9.99. The molecule has 1 aromatic carbocycles. The minimum absolute atomic E-state index is 0.0388. The third-order valence-corrected chi connectivity index (χ3v) is 3.19. The number of benzene rings is 1. The maximum atomic E-state index is 11.0. The molecule has 0 spiro atoms. The van der Waals surface area contributed by atoms with E-state index in [0.29, 0.717) is 18.0 Å². The molecule has 0 amide bonds. The van der Waals surface area contributed by atoms with Crippen LogP contribution in [-0.2, 0) is 11.3 Å². The van der Waals surface area contributed by atoms with E-state index in [4.69, 9.17) is 10.4 Å². The van der Waals surface area contributed by atoms with Crippen molar-refractivity contribution < 1.29 is 9.90 Å². The fourth-order valence-electron chi connectivity index (χ4n) is 2.42. The Balaban J connectivity index is 2.99. The van der Waals surface area contributed by atoms with Crippen LogP contribution in [-0.4, -0.2) is 29.1 Å². The van der Waals surface area contributed by atoms with Gasteiger partial charge in [-0.25, -0.2) is 0 Å². The first-order valence-electron chi connectivity index (χ1n) is 6.77. The van der Waals surface area contributed by atoms with Crippen molar-refractivity contribution in [2.45, 2.75) is 34.2 Å². The number of carbonyl (C=O) groups is 1. The SMILES string of the molecule is Cc1cc(C#N)cc(C)c1CN(CC(=O)O)CC(C)C. The highest BCUT2D eigenvalue weighted by Gasteiger charge is 2.15. The van der Waals surface area contributed by atoms with Crippen LogP contribution in [0, 0.1) is 31.1 Å². The van der Waals surface area contributed by atoms with Crippen LogP contribution in [0.15, 0.2) is 12.1 Å². The van der Waals surface area contributed by atoms with Gasteiger partial charge in [-0.15, -0.1) is 0 Å². The molecule has 1 rings (SSSR count). The number of nitrogens with zero attached hydrogens (tertiary/aromatic N) is 2. The molecule has 1 N–H and O–H groups in total. The fourth-order valence-corrected chi connectivity index (χ4v) is 2.42. The van der Waals surface area contributed by atoms with Crippen LogP contribution in [0.5, 0.6) is 0 Å². The molecule has 0 fully saturated rings. The van der Waals surface area contributed by atoms with Gasteiger partial charge in [0.1, 0.15) is 0 Å². The molecule has 4 heteroatoms. The fraction of sp³-hybridized carbons (Fsp3) is 0.500. The van der Waals surface area contributed by atoms with Gasteiger partial charge in [0.2, 0.25) is 0 Å². The summed E-state index contributed by atoms with van der Waals surface area (Å²) in [5.41, 5.74) is 3.85. The first-order chi connectivity index (χ1) is 9.33. The minimum Gasteiger partial charge on any atom is -0.480 e.